The summed E-state index contributed by atoms with van der Waals surface area (Å²) in [5.41, 5.74) is 2.01. The molecule has 0 saturated heterocycles. The molecule has 0 radical (unpaired) electrons. The minimum atomic E-state index is -0.277. The first kappa shape index (κ1) is 16.1. The third-order valence-electron chi connectivity index (χ3n) is 4.19. The van der Waals surface area contributed by atoms with Crippen molar-refractivity contribution in [2.45, 2.75) is 52.1 Å². The van der Waals surface area contributed by atoms with Gasteiger partial charge in [-0.15, -0.1) is 11.3 Å². The van der Waals surface area contributed by atoms with E-state index in [0.29, 0.717) is 12.4 Å². The summed E-state index contributed by atoms with van der Waals surface area (Å²) in [5, 5.41) is 7.61. The van der Waals surface area contributed by atoms with Crippen LogP contribution in [0.2, 0.25) is 0 Å². The second-order valence-electron chi connectivity index (χ2n) is 6.10. The molecule has 2 aromatic rings. The third kappa shape index (κ3) is 3.79. The van der Waals surface area contributed by atoms with Crippen LogP contribution >= 0.6 is 11.3 Å². The standard InChI is InChI=1S/C16H22N4O2S/c1-10-8-14(22-19-10)18-16(21)11(2)20(3)9-15-17-12-6-4-5-7-13(12)23-15/h8,11H,4-7,9H2,1-3H3,(H,18,21)/t11-/m0/s1. The van der Waals surface area contributed by atoms with Crippen LogP contribution in [-0.4, -0.2) is 34.0 Å². The molecular formula is C16H22N4O2S. The second-order valence-corrected chi connectivity index (χ2v) is 7.27. The Hall–Kier alpha value is -1.73. The first-order valence-electron chi connectivity index (χ1n) is 7.95. The number of rotatable bonds is 5. The molecule has 6 nitrogen and oxygen atoms in total. The lowest BCUT2D eigenvalue weighted by atomic mass is 10.0. The molecule has 0 spiro atoms. The molecular weight excluding hydrogens is 312 g/mol. The van der Waals surface area contributed by atoms with Crippen LogP contribution < -0.4 is 5.32 Å². The maximum absolute atomic E-state index is 12.3. The Labute approximate surface area is 139 Å². The number of thiazole rings is 1. The molecule has 1 atom stereocenters. The van der Waals surface area contributed by atoms with E-state index in [2.05, 4.69) is 10.5 Å². The quantitative estimate of drug-likeness (QED) is 0.910. The van der Waals surface area contributed by atoms with Crippen LogP contribution in [-0.2, 0) is 24.2 Å². The van der Waals surface area contributed by atoms with Crippen LogP contribution in [0.4, 0.5) is 5.88 Å². The van der Waals surface area contributed by atoms with Gasteiger partial charge in [0.1, 0.15) is 5.01 Å². The van der Waals surface area contributed by atoms with Crippen LogP contribution in [0.5, 0.6) is 0 Å². The average molecular weight is 334 g/mol. The van der Waals surface area contributed by atoms with Crippen molar-refractivity contribution in [3.63, 3.8) is 0 Å². The highest BCUT2D eigenvalue weighted by Gasteiger charge is 2.22. The van der Waals surface area contributed by atoms with Gasteiger partial charge in [0.2, 0.25) is 11.8 Å². The van der Waals surface area contributed by atoms with Crippen LogP contribution in [0.15, 0.2) is 10.6 Å². The van der Waals surface area contributed by atoms with Crippen LogP contribution in [0.1, 0.15) is 41.0 Å². The number of nitrogens with zero attached hydrogens (tertiary/aromatic N) is 3. The van der Waals surface area contributed by atoms with Gasteiger partial charge >= 0.3 is 0 Å². The van der Waals surface area contributed by atoms with Crippen molar-refractivity contribution in [3.8, 4) is 0 Å². The van der Waals surface area contributed by atoms with E-state index in [1.54, 1.807) is 17.4 Å². The zero-order chi connectivity index (χ0) is 16.4. The largest absolute Gasteiger partial charge is 0.338 e. The molecule has 0 fully saturated rings. The molecule has 0 aromatic carbocycles. The van der Waals surface area contributed by atoms with Gasteiger partial charge in [-0.25, -0.2) is 4.98 Å². The Morgan fingerprint density at radius 3 is 2.96 bits per heavy atom. The first-order valence-corrected chi connectivity index (χ1v) is 8.76. The van der Waals surface area contributed by atoms with Crippen molar-refractivity contribution >= 4 is 23.1 Å². The van der Waals surface area contributed by atoms with Crippen molar-refractivity contribution in [1.29, 1.82) is 0 Å². The molecule has 7 heteroatoms. The van der Waals surface area contributed by atoms with Crippen LogP contribution in [0.25, 0.3) is 0 Å². The number of aromatic nitrogens is 2. The van der Waals surface area contributed by atoms with Crippen molar-refractivity contribution in [2.24, 2.45) is 0 Å². The maximum Gasteiger partial charge on any atom is 0.243 e. The number of amides is 1. The smallest absolute Gasteiger partial charge is 0.243 e. The number of fused-ring (bicyclic) bond motifs is 1. The number of carbonyl (C=O) groups is 1. The average Bonchev–Trinajstić information content (AvgIpc) is 3.11. The van der Waals surface area contributed by atoms with E-state index < -0.39 is 0 Å². The Kier molecular flexibility index (Phi) is 4.77. The Bertz CT molecular complexity index is 671. The molecule has 0 saturated carbocycles. The Balaban J connectivity index is 1.59. The lowest BCUT2D eigenvalue weighted by Gasteiger charge is -2.22. The van der Waals surface area contributed by atoms with Gasteiger partial charge in [0.25, 0.3) is 0 Å². The molecule has 2 heterocycles. The summed E-state index contributed by atoms with van der Waals surface area (Å²) in [6.45, 7) is 4.38. The normalized spacial score (nSPS) is 15.5. The van der Waals surface area contributed by atoms with Crippen molar-refractivity contribution in [3.05, 3.63) is 27.3 Å². The number of anilines is 1. The monoisotopic (exact) mass is 334 g/mol. The summed E-state index contributed by atoms with van der Waals surface area (Å²) in [6.07, 6.45) is 4.75. The summed E-state index contributed by atoms with van der Waals surface area (Å²) in [4.78, 5) is 20.5. The fourth-order valence-corrected chi connectivity index (χ4v) is 3.89. The summed E-state index contributed by atoms with van der Waals surface area (Å²) in [6, 6.07) is 1.43. The van der Waals surface area contributed by atoms with Gasteiger partial charge in [-0.3, -0.25) is 15.0 Å². The summed E-state index contributed by atoms with van der Waals surface area (Å²) < 4.78 is 5.03. The number of aryl methyl sites for hydroxylation is 3. The molecule has 2 aromatic heterocycles. The fraction of sp³-hybridized carbons (Fsp3) is 0.562. The van der Waals surface area contributed by atoms with E-state index in [-0.39, 0.29) is 11.9 Å². The highest BCUT2D eigenvalue weighted by molar-refractivity contribution is 7.11. The predicted octanol–water partition coefficient (Wildman–Crippen LogP) is 2.78. The van der Waals surface area contributed by atoms with Gasteiger partial charge in [0.15, 0.2) is 0 Å². The highest BCUT2D eigenvalue weighted by Crippen LogP contribution is 2.27. The van der Waals surface area contributed by atoms with Gasteiger partial charge in [-0.1, -0.05) is 5.16 Å². The Morgan fingerprint density at radius 1 is 1.48 bits per heavy atom. The van der Waals surface area contributed by atoms with E-state index in [1.807, 2.05) is 25.8 Å². The minimum Gasteiger partial charge on any atom is -0.338 e. The molecule has 0 bridgehead atoms. The third-order valence-corrected chi connectivity index (χ3v) is 5.33. The van der Waals surface area contributed by atoms with E-state index >= 15 is 0 Å². The molecule has 124 valence electrons. The van der Waals surface area contributed by atoms with Gasteiger partial charge in [0, 0.05) is 10.9 Å². The molecule has 1 aliphatic rings. The molecule has 0 aliphatic heterocycles. The molecule has 3 rings (SSSR count). The van der Waals surface area contributed by atoms with Gasteiger partial charge in [0.05, 0.1) is 24.0 Å². The second kappa shape index (κ2) is 6.80. The van der Waals surface area contributed by atoms with Crippen molar-refractivity contribution in [2.75, 3.05) is 12.4 Å². The van der Waals surface area contributed by atoms with Crippen LogP contribution in [0.3, 0.4) is 0 Å². The van der Waals surface area contributed by atoms with Gasteiger partial charge < -0.3 is 4.52 Å². The van der Waals surface area contributed by atoms with Gasteiger partial charge in [-0.2, -0.15) is 0 Å². The lowest BCUT2D eigenvalue weighted by Crippen LogP contribution is -2.39. The molecule has 1 amide bonds. The number of hydrogen-bond donors (Lipinski definition) is 1. The van der Waals surface area contributed by atoms with E-state index in [4.69, 9.17) is 9.51 Å². The first-order chi connectivity index (χ1) is 11.0. The van der Waals surface area contributed by atoms with Crippen molar-refractivity contribution < 1.29 is 9.32 Å². The molecule has 0 unspecified atom stereocenters. The molecule has 23 heavy (non-hydrogen) atoms. The van der Waals surface area contributed by atoms with Crippen molar-refractivity contribution in [1.82, 2.24) is 15.0 Å². The Morgan fingerprint density at radius 2 is 2.26 bits per heavy atom. The predicted molar refractivity (Wildman–Crippen MR) is 89.6 cm³/mol. The number of nitrogens with one attached hydrogen (secondary N) is 1. The molecule has 1 aliphatic carbocycles. The number of likely N-dealkylation sites (N-methyl/N-ethyl adjacent to an activating group) is 1. The van der Waals surface area contributed by atoms with E-state index in [0.717, 1.165) is 23.5 Å². The van der Waals surface area contributed by atoms with Gasteiger partial charge in [-0.05, 0) is 46.6 Å². The summed E-state index contributed by atoms with van der Waals surface area (Å²) in [5.74, 6) is 0.280. The minimum absolute atomic E-state index is 0.107. The maximum atomic E-state index is 12.3. The highest BCUT2D eigenvalue weighted by atomic mass is 32.1. The fourth-order valence-electron chi connectivity index (χ4n) is 2.67. The summed E-state index contributed by atoms with van der Waals surface area (Å²) >= 11 is 1.79. The lowest BCUT2D eigenvalue weighted by molar-refractivity contribution is -0.120. The SMILES string of the molecule is Cc1cc(NC(=O)[C@H](C)N(C)Cc2nc3c(s2)CCCC3)on1. The summed E-state index contributed by atoms with van der Waals surface area (Å²) in [7, 11) is 1.94. The zero-order valence-electron chi connectivity index (χ0n) is 13.8. The van der Waals surface area contributed by atoms with E-state index in [1.165, 1.54) is 23.4 Å². The molecule has 1 N–H and O–H groups in total. The zero-order valence-corrected chi connectivity index (χ0v) is 14.6. The van der Waals surface area contributed by atoms with E-state index in [9.17, 15) is 4.79 Å². The number of hydrogen-bond acceptors (Lipinski definition) is 6. The van der Waals surface area contributed by atoms with Crippen LogP contribution in [0, 0.1) is 6.92 Å². The number of carbonyl (C=O) groups excluding carboxylic acids is 1. The topological polar surface area (TPSA) is 71.3 Å².